The number of alkyl halides is 3. The van der Waals surface area contributed by atoms with Gasteiger partial charge in [-0.3, -0.25) is 4.79 Å². The topological polar surface area (TPSA) is 41.9 Å². The number of oxime groups is 1. The molecule has 1 aliphatic rings. The van der Waals surface area contributed by atoms with Crippen LogP contribution in [-0.4, -0.2) is 36.0 Å². The number of halogens is 3. The van der Waals surface area contributed by atoms with E-state index in [1.807, 2.05) is 0 Å². The number of carbonyl (C=O) groups is 1. The highest BCUT2D eigenvalue weighted by atomic mass is 19.4. The number of nitrogens with zero attached hydrogens (tertiary/aromatic N) is 2. The summed E-state index contributed by atoms with van der Waals surface area (Å²) in [6, 6.07) is 0. The van der Waals surface area contributed by atoms with Gasteiger partial charge in [-0.25, -0.2) is 0 Å². The summed E-state index contributed by atoms with van der Waals surface area (Å²) in [5, 5.41) is 3.04. The molecule has 13 heavy (non-hydrogen) atoms. The smallest absolute Gasteiger partial charge is 0.358 e. The van der Waals surface area contributed by atoms with E-state index in [4.69, 9.17) is 0 Å². The van der Waals surface area contributed by atoms with Gasteiger partial charge < -0.3 is 9.74 Å². The van der Waals surface area contributed by atoms with Crippen LogP contribution in [0.5, 0.6) is 0 Å². The second-order valence-corrected chi connectivity index (χ2v) is 2.58. The number of Topliss-reactive ketones (excluding diaryl/α,β-unsaturated/α-hetero) is 1. The van der Waals surface area contributed by atoms with Gasteiger partial charge in [-0.2, -0.15) is 13.2 Å². The molecule has 0 bridgehead atoms. The zero-order valence-electron chi connectivity index (χ0n) is 6.92. The number of rotatable bonds is 1. The van der Waals surface area contributed by atoms with E-state index >= 15 is 0 Å². The van der Waals surface area contributed by atoms with E-state index in [0.29, 0.717) is 4.90 Å². The van der Waals surface area contributed by atoms with Crippen molar-refractivity contribution < 1.29 is 22.8 Å². The Hall–Kier alpha value is -1.27. The third kappa shape index (κ3) is 1.73. The summed E-state index contributed by atoms with van der Waals surface area (Å²) < 4.78 is 36.3. The van der Waals surface area contributed by atoms with Crippen LogP contribution in [0.1, 0.15) is 6.92 Å². The summed E-state index contributed by atoms with van der Waals surface area (Å²) in [6.07, 6.45) is -6.69. The van der Waals surface area contributed by atoms with E-state index in [9.17, 15) is 18.0 Å². The average Bonchev–Trinajstić information content (AvgIpc) is 2.28. The number of carbonyl (C=O) groups excluding carboxylic acids is 1. The number of hydrogen-bond acceptors (Lipinski definition) is 4. The maximum absolute atomic E-state index is 12.1. The third-order valence-corrected chi connectivity index (χ3v) is 1.52. The van der Waals surface area contributed by atoms with Gasteiger partial charge in [-0.1, -0.05) is 5.16 Å². The molecule has 1 heterocycles. The molecule has 1 rings (SSSR count). The van der Waals surface area contributed by atoms with Gasteiger partial charge in [0.1, 0.15) is 0 Å². The van der Waals surface area contributed by atoms with E-state index in [0.717, 1.165) is 14.0 Å². The Kier molecular flexibility index (Phi) is 2.19. The van der Waals surface area contributed by atoms with E-state index in [1.165, 1.54) is 0 Å². The Labute approximate surface area is 71.9 Å². The lowest BCUT2D eigenvalue weighted by atomic mass is 10.3. The Morgan fingerprint density at radius 1 is 1.62 bits per heavy atom. The molecule has 0 aromatic carbocycles. The molecular formula is C6H7F3N2O2. The zero-order chi connectivity index (χ0) is 10.2. The summed E-state index contributed by atoms with van der Waals surface area (Å²) >= 11 is 0. The molecule has 0 fully saturated rings. The summed E-state index contributed by atoms with van der Waals surface area (Å²) in [7, 11) is 1.10. The van der Waals surface area contributed by atoms with Crippen LogP contribution in [0.2, 0.25) is 0 Å². The lowest BCUT2D eigenvalue weighted by Gasteiger charge is -2.21. The lowest BCUT2D eigenvalue weighted by Crippen LogP contribution is -2.44. The van der Waals surface area contributed by atoms with Gasteiger partial charge in [-0.05, 0) is 0 Å². The first-order chi connectivity index (χ1) is 5.84. The highest BCUT2D eigenvalue weighted by molar-refractivity contribution is 6.37. The SMILES string of the molecule is CC(=O)C1=NOC(C(F)(F)F)N1C. The zero-order valence-corrected chi connectivity index (χ0v) is 6.92. The monoisotopic (exact) mass is 196 g/mol. The van der Waals surface area contributed by atoms with Gasteiger partial charge in [0.15, 0.2) is 5.78 Å². The predicted molar refractivity (Wildman–Crippen MR) is 36.8 cm³/mol. The van der Waals surface area contributed by atoms with Crippen molar-refractivity contribution in [2.24, 2.45) is 5.16 Å². The van der Waals surface area contributed by atoms with E-state index in [2.05, 4.69) is 9.99 Å². The number of amidine groups is 1. The Morgan fingerprint density at radius 2 is 2.15 bits per heavy atom. The lowest BCUT2D eigenvalue weighted by molar-refractivity contribution is -0.241. The van der Waals surface area contributed by atoms with Crippen molar-refractivity contribution in [2.75, 3.05) is 7.05 Å². The van der Waals surface area contributed by atoms with Crippen molar-refractivity contribution in [3.8, 4) is 0 Å². The molecule has 4 nitrogen and oxygen atoms in total. The molecule has 0 amide bonds. The van der Waals surface area contributed by atoms with Gasteiger partial charge in [0.25, 0.3) is 6.23 Å². The van der Waals surface area contributed by atoms with Gasteiger partial charge >= 0.3 is 6.18 Å². The van der Waals surface area contributed by atoms with Crippen LogP contribution in [0.3, 0.4) is 0 Å². The largest absolute Gasteiger partial charge is 0.448 e. The van der Waals surface area contributed by atoms with E-state index in [-0.39, 0.29) is 5.84 Å². The van der Waals surface area contributed by atoms with Gasteiger partial charge in [0.05, 0.1) is 0 Å². The Bertz CT molecular complexity index is 261. The summed E-state index contributed by atoms with van der Waals surface area (Å²) in [5.74, 6) is -0.878. The predicted octanol–water partition coefficient (Wildman–Crippen LogP) is 0.739. The fourth-order valence-electron chi connectivity index (χ4n) is 0.938. The molecule has 0 aromatic rings. The Balaban J connectivity index is 2.78. The van der Waals surface area contributed by atoms with Crippen molar-refractivity contribution in [1.82, 2.24) is 4.90 Å². The van der Waals surface area contributed by atoms with Crippen LogP contribution in [-0.2, 0) is 9.63 Å². The van der Waals surface area contributed by atoms with Crippen LogP contribution >= 0.6 is 0 Å². The van der Waals surface area contributed by atoms with Gasteiger partial charge in [-0.15, -0.1) is 0 Å². The minimum atomic E-state index is -4.55. The summed E-state index contributed by atoms with van der Waals surface area (Å²) in [5.41, 5.74) is 0. The first-order valence-electron chi connectivity index (χ1n) is 3.38. The van der Waals surface area contributed by atoms with Crippen LogP contribution < -0.4 is 0 Å². The molecule has 0 aromatic heterocycles. The van der Waals surface area contributed by atoms with Crippen molar-refractivity contribution in [1.29, 1.82) is 0 Å². The molecule has 74 valence electrons. The molecule has 0 saturated heterocycles. The van der Waals surface area contributed by atoms with Crippen molar-refractivity contribution in [3.63, 3.8) is 0 Å². The molecule has 0 saturated carbocycles. The third-order valence-electron chi connectivity index (χ3n) is 1.52. The van der Waals surface area contributed by atoms with Crippen LogP contribution in [0.15, 0.2) is 5.16 Å². The quantitative estimate of drug-likeness (QED) is 0.621. The second kappa shape index (κ2) is 2.90. The number of ketones is 1. The van der Waals surface area contributed by atoms with E-state index < -0.39 is 18.2 Å². The summed E-state index contributed by atoms with van der Waals surface area (Å²) in [4.78, 5) is 15.4. The molecule has 0 spiro atoms. The highest BCUT2D eigenvalue weighted by Gasteiger charge is 2.50. The molecule has 7 heteroatoms. The molecular weight excluding hydrogens is 189 g/mol. The van der Waals surface area contributed by atoms with Gasteiger partial charge in [0, 0.05) is 14.0 Å². The van der Waals surface area contributed by atoms with Crippen LogP contribution in [0, 0.1) is 0 Å². The van der Waals surface area contributed by atoms with Crippen molar-refractivity contribution in [2.45, 2.75) is 19.3 Å². The molecule has 1 atom stereocenters. The molecule has 0 N–H and O–H groups in total. The van der Waals surface area contributed by atoms with Gasteiger partial charge in [0.2, 0.25) is 5.84 Å². The first-order valence-corrected chi connectivity index (χ1v) is 3.38. The molecule has 1 unspecified atom stereocenters. The normalized spacial score (nSPS) is 22.7. The fourth-order valence-corrected chi connectivity index (χ4v) is 0.938. The average molecular weight is 196 g/mol. The number of likely N-dealkylation sites (N-methyl/N-ethyl adjacent to an activating group) is 1. The molecule has 1 aliphatic heterocycles. The highest BCUT2D eigenvalue weighted by Crippen LogP contribution is 2.28. The van der Waals surface area contributed by atoms with Crippen molar-refractivity contribution >= 4 is 11.6 Å². The van der Waals surface area contributed by atoms with Crippen LogP contribution in [0.4, 0.5) is 13.2 Å². The fraction of sp³-hybridized carbons (Fsp3) is 0.667. The minimum absolute atomic E-state index is 0.317. The maximum atomic E-state index is 12.1. The summed E-state index contributed by atoms with van der Waals surface area (Å²) in [6.45, 7) is 1.12. The maximum Gasteiger partial charge on any atom is 0.448 e. The number of hydrogen-bond donors (Lipinski definition) is 0. The van der Waals surface area contributed by atoms with Crippen LogP contribution in [0.25, 0.3) is 0 Å². The minimum Gasteiger partial charge on any atom is -0.358 e. The Morgan fingerprint density at radius 3 is 2.38 bits per heavy atom. The standard InChI is InChI=1S/C6H7F3N2O2/c1-3(12)4-10-13-5(11(4)2)6(7,8)9/h5H,1-2H3. The molecule has 0 aliphatic carbocycles. The van der Waals surface area contributed by atoms with Crippen molar-refractivity contribution in [3.05, 3.63) is 0 Å². The van der Waals surface area contributed by atoms with E-state index in [1.54, 1.807) is 0 Å². The second-order valence-electron chi connectivity index (χ2n) is 2.58. The first kappa shape index (κ1) is 9.82. The molecule has 0 radical (unpaired) electrons.